The van der Waals surface area contributed by atoms with Crippen molar-refractivity contribution in [2.75, 3.05) is 65.9 Å². The summed E-state index contributed by atoms with van der Waals surface area (Å²) in [4.78, 5) is 34.9. The second-order valence-corrected chi connectivity index (χ2v) is 10.2. The zero-order valence-electron chi connectivity index (χ0n) is 23.4. The van der Waals surface area contributed by atoms with Crippen LogP contribution in [0.3, 0.4) is 0 Å². The summed E-state index contributed by atoms with van der Waals surface area (Å²) < 4.78 is 22.8. The number of rotatable bonds is 3. The quantitative estimate of drug-likeness (QED) is 0.613. The van der Waals surface area contributed by atoms with Crippen LogP contribution in [-0.2, 0) is 36.9 Å². The fraction of sp³-hybridized carbons (Fsp3) is 0.759. The van der Waals surface area contributed by atoms with Crippen LogP contribution in [-0.4, -0.2) is 97.6 Å². The Labute approximate surface area is 232 Å². The van der Waals surface area contributed by atoms with Crippen molar-refractivity contribution < 1.29 is 33.6 Å². The lowest BCUT2D eigenvalue weighted by Gasteiger charge is -2.25. The third-order valence-electron chi connectivity index (χ3n) is 6.96. The highest BCUT2D eigenvalue weighted by molar-refractivity contribution is 5.76. The van der Waals surface area contributed by atoms with E-state index in [1.807, 2.05) is 12.1 Å². The molecule has 0 unspecified atom stereocenters. The molecule has 1 aromatic rings. The summed E-state index contributed by atoms with van der Waals surface area (Å²) in [6.45, 7) is 4.18. The molecular formula is C29H47N3O7. The van der Waals surface area contributed by atoms with Crippen LogP contribution in [0.1, 0.15) is 75.6 Å². The Morgan fingerprint density at radius 1 is 0.692 bits per heavy atom. The molecule has 3 rings (SSSR count). The first kappa shape index (κ1) is 31.3. The molecule has 0 saturated carbocycles. The number of nitrogens with zero attached hydrogens (tertiary/aromatic N) is 3. The van der Waals surface area contributed by atoms with E-state index in [1.165, 1.54) is 0 Å². The summed E-state index contributed by atoms with van der Waals surface area (Å²) in [6, 6.07) is 3.62. The summed E-state index contributed by atoms with van der Waals surface area (Å²) in [7, 11) is 0. The SMILES string of the molecule is O=C1CCCCCCCCCCC(=O)N2CCOCCOCCOCCN1Cc1cc(OCCO)cc(n1)C2. The second kappa shape index (κ2) is 18.9. The number of aliphatic hydroxyl groups is 1. The molecule has 0 atom stereocenters. The summed E-state index contributed by atoms with van der Waals surface area (Å²) in [5.41, 5.74) is 1.36. The van der Waals surface area contributed by atoms with E-state index in [0.29, 0.717) is 95.8 Å². The minimum absolute atomic E-state index is 0.0844. The van der Waals surface area contributed by atoms with Crippen LogP contribution in [0.2, 0.25) is 0 Å². The molecule has 0 saturated heterocycles. The van der Waals surface area contributed by atoms with Crippen LogP contribution in [0.4, 0.5) is 0 Å². The molecule has 10 heteroatoms. The largest absolute Gasteiger partial charge is 0.491 e. The van der Waals surface area contributed by atoms with Crippen molar-refractivity contribution in [3.05, 3.63) is 23.5 Å². The van der Waals surface area contributed by atoms with Crippen molar-refractivity contribution in [3.63, 3.8) is 0 Å². The molecule has 0 radical (unpaired) electrons. The Bertz CT molecular complexity index is 794. The predicted molar refractivity (Wildman–Crippen MR) is 146 cm³/mol. The minimum Gasteiger partial charge on any atom is -0.491 e. The summed E-state index contributed by atoms with van der Waals surface area (Å²) >= 11 is 0. The second-order valence-electron chi connectivity index (χ2n) is 10.2. The average molecular weight is 550 g/mol. The third kappa shape index (κ3) is 12.6. The maximum atomic E-state index is 13.2. The number of amides is 2. The maximum Gasteiger partial charge on any atom is 0.222 e. The molecule has 10 nitrogen and oxygen atoms in total. The Kier molecular flexibility index (Phi) is 15.2. The van der Waals surface area contributed by atoms with Gasteiger partial charge in [0.1, 0.15) is 12.4 Å². The van der Waals surface area contributed by atoms with Gasteiger partial charge in [0.15, 0.2) is 0 Å². The van der Waals surface area contributed by atoms with Gasteiger partial charge in [-0.2, -0.15) is 0 Å². The number of pyridine rings is 1. The number of hydrogen-bond acceptors (Lipinski definition) is 8. The van der Waals surface area contributed by atoms with Crippen molar-refractivity contribution >= 4 is 11.8 Å². The van der Waals surface area contributed by atoms with Gasteiger partial charge in [-0.15, -0.1) is 0 Å². The third-order valence-corrected chi connectivity index (χ3v) is 6.96. The standard InChI is InChI=1S/C29H47N3O7/c33-13-16-39-27-21-25-23-31-11-14-36-17-19-38-20-18-37-15-12-32(24-26(22-27)30-25)29(35)10-8-6-4-2-1-3-5-7-9-28(31)34/h21-22,33H,1-20,23-24H2. The van der Waals surface area contributed by atoms with Crippen LogP contribution in [0.5, 0.6) is 5.75 Å². The van der Waals surface area contributed by atoms with Crippen molar-refractivity contribution in [1.82, 2.24) is 14.8 Å². The summed E-state index contributed by atoms with van der Waals surface area (Å²) in [5.74, 6) is 0.732. The van der Waals surface area contributed by atoms with Crippen molar-refractivity contribution in [2.24, 2.45) is 0 Å². The molecule has 1 aromatic heterocycles. The van der Waals surface area contributed by atoms with Crippen LogP contribution < -0.4 is 4.74 Å². The Balaban J connectivity index is 1.89. The number of ether oxygens (including phenoxy) is 4. The van der Waals surface area contributed by atoms with Gasteiger partial charge < -0.3 is 33.9 Å². The molecule has 4 bridgehead atoms. The zero-order chi connectivity index (χ0) is 27.5. The van der Waals surface area contributed by atoms with Gasteiger partial charge in [-0.1, -0.05) is 38.5 Å². The molecule has 39 heavy (non-hydrogen) atoms. The molecule has 1 N–H and O–H groups in total. The summed E-state index contributed by atoms with van der Waals surface area (Å²) in [5, 5.41) is 9.30. The van der Waals surface area contributed by atoms with Gasteiger partial charge in [-0.05, 0) is 12.8 Å². The molecule has 0 aliphatic carbocycles. The number of hydrogen-bond donors (Lipinski definition) is 1. The van der Waals surface area contributed by atoms with Crippen molar-refractivity contribution in [3.8, 4) is 5.75 Å². The molecule has 2 aliphatic rings. The van der Waals surface area contributed by atoms with E-state index >= 15 is 0 Å². The van der Waals surface area contributed by atoms with Gasteiger partial charge in [0.25, 0.3) is 0 Å². The van der Waals surface area contributed by atoms with Gasteiger partial charge in [-0.3, -0.25) is 14.6 Å². The number of carbonyl (C=O) groups is 2. The van der Waals surface area contributed by atoms with E-state index < -0.39 is 0 Å². The first-order chi connectivity index (χ1) is 19.2. The fourth-order valence-corrected chi connectivity index (χ4v) is 4.82. The van der Waals surface area contributed by atoms with E-state index in [-0.39, 0.29) is 25.0 Å². The lowest BCUT2D eigenvalue weighted by molar-refractivity contribution is -0.133. The minimum atomic E-state index is -0.111. The highest BCUT2D eigenvalue weighted by Crippen LogP contribution is 2.20. The summed E-state index contributed by atoms with van der Waals surface area (Å²) in [6.07, 6.45) is 9.39. The zero-order valence-corrected chi connectivity index (χ0v) is 23.4. The van der Waals surface area contributed by atoms with Gasteiger partial charge in [-0.25, -0.2) is 0 Å². The number of aliphatic hydroxyl groups excluding tert-OH is 1. The molecule has 3 heterocycles. The Morgan fingerprint density at radius 2 is 1.13 bits per heavy atom. The Hall–Kier alpha value is -2.27. The van der Waals surface area contributed by atoms with Crippen molar-refractivity contribution in [1.29, 1.82) is 0 Å². The van der Waals surface area contributed by atoms with Gasteiger partial charge in [0.2, 0.25) is 11.8 Å². The first-order valence-corrected chi connectivity index (χ1v) is 14.7. The van der Waals surface area contributed by atoms with Gasteiger partial charge >= 0.3 is 0 Å². The van der Waals surface area contributed by atoms with E-state index in [9.17, 15) is 14.7 Å². The van der Waals surface area contributed by atoms with E-state index in [1.54, 1.807) is 9.80 Å². The van der Waals surface area contributed by atoms with Crippen LogP contribution in [0, 0.1) is 0 Å². The molecule has 2 aliphatic heterocycles. The number of fused-ring (bicyclic) bond motifs is 2. The lowest BCUT2D eigenvalue weighted by atomic mass is 10.1. The number of aromatic nitrogens is 1. The molecule has 220 valence electrons. The van der Waals surface area contributed by atoms with E-state index in [4.69, 9.17) is 23.9 Å². The smallest absolute Gasteiger partial charge is 0.222 e. The average Bonchev–Trinajstić information content (AvgIpc) is 2.93. The van der Waals surface area contributed by atoms with Gasteiger partial charge in [0, 0.05) is 38.1 Å². The maximum absolute atomic E-state index is 13.2. The fourth-order valence-electron chi connectivity index (χ4n) is 4.82. The van der Waals surface area contributed by atoms with Crippen LogP contribution in [0.25, 0.3) is 0 Å². The lowest BCUT2D eigenvalue weighted by Crippen LogP contribution is -2.35. The topological polar surface area (TPSA) is 111 Å². The highest BCUT2D eigenvalue weighted by Gasteiger charge is 2.19. The van der Waals surface area contributed by atoms with Crippen LogP contribution in [0.15, 0.2) is 12.1 Å². The first-order valence-electron chi connectivity index (χ1n) is 14.7. The molecule has 0 aromatic carbocycles. The highest BCUT2D eigenvalue weighted by atomic mass is 16.5. The monoisotopic (exact) mass is 549 g/mol. The molecule has 0 spiro atoms. The Morgan fingerprint density at radius 3 is 1.59 bits per heavy atom. The van der Waals surface area contributed by atoms with Crippen molar-refractivity contribution in [2.45, 2.75) is 77.3 Å². The van der Waals surface area contributed by atoms with Crippen LogP contribution >= 0.6 is 0 Å². The van der Waals surface area contributed by atoms with E-state index in [0.717, 1.165) is 51.4 Å². The predicted octanol–water partition coefficient (Wildman–Crippen LogP) is 3.09. The number of carbonyl (C=O) groups excluding carboxylic acids is 2. The molecule has 2 amide bonds. The molecular weight excluding hydrogens is 502 g/mol. The van der Waals surface area contributed by atoms with E-state index in [2.05, 4.69) is 0 Å². The molecule has 0 fully saturated rings. The van der Waals surface area contributed by atoms with Gasteiger partial charge in [0.05, 0.1) is 70.7 Å². The normalized spacial score (nSPS) is 20.8.